The Morgan fingerprint density at radius 2 is 2.06 bits per heavy atom. The molecule has 1 aromatic carbocycles. The number of aromatic nitrogens is 4. The van der Waals surface area contributed by atoms with Gasteiger partial charge in [0.25, 0.3) is 5.91 Å². The first-order valence-electron chi connectivity index (χ1n) is 10.8. The van der Waals surface area contributed by atoms with Gasteiger partial charge >= 0.3 is 6.18 Å². The number of imidazole rings is 1. The highest BCUT2D eigenvalue weighted by Gasteiger charge is 2.48. The number of methoxy groups -OCH3 is 2. The molecule has 1 aliphatic heterocycles. The van der Waals surface area contributed by atoms with E-state index in [1.807, 2.05) is 4.57 Å². The van der Waals surface area contributed by atoms with Crippen LogP contribution >= 0.6 is 11.6 Å². The molecule has 2 N–H and O–H groups in total. The maximum atomic E-state index is 14.0. The first-order valence-corrected chi connectivity index (χ1v) is 11.2. The van der Waals surface area contributed by atoms with Gasteiger partial charge in [-0.25, -0.2) is 9.67 Å². The number of hydrogen-bond acceptors (Lipinski definition) is 6. The zero-order valence-electron chi connectivity index (χ0n) is 19.0. The topological polar surface area (TPSA) is 95.2 Å². The lowest BCUT2D eigenvalue weighted by molar-refractivity contribution is -0.173. The largest absolute Gasteiger partial charge is 0.493 e. The zero-order valence-corrected chi connectivity index (χ0v) is 19.7. The Hall–Kier alpha value is -3.41. The van der Waals surface area contributed by atoms with E-state index in [-0.39, 0.29) is 23.0 Å². The van der Waals surface area contributed by atoms with Gasteiger partial charge in [-0.1, -0.05) is 17.7 Å². The van der Waals surface area contributed by atoms with Gasteiger partial charge in [0.15, 0.2) is 23.2 Å². The molecule has 188 valence electrons. The van der Waals surface area contributed by atoms with Crippen LogP contribution in [0.2, 0.25) is 5.02 Å². The second-order valence-electron chi connectivity index (χ2n) is 7.97. The quantitative estimate of drug-likeness (QED) is 0.439. The monoisotopic (exact) mass is 512 g/mol. The Morgan fingerprint density at radius 1 is 1.29 bits per heavy atom. The SMILES string of the molecule is COc1ccc(C2CC(C(F)(F)F)n3nc(C(=O)NCCCn4ccnc4)c(Cl)c3N2)cc1OC. The molecule has 2 aromatic heterocycles. The normalized spacial score (nSPS) is 17.4. The third-order valence-electron chi connectivity index (χ3n) is 5.76. The van der Waals surface area contributed by atoms with Gasteiger partial charge in [0.05, 0.1) is 26.6 Å². The molecule has 1 amide bonds. The van der Waals surface area contributed by atoms with Gasteiger partial charge < -0.3 is 24.7 Å². The van der Waals surface area contributed by atoms with Crippen molar-refractivity contribution in [1.82, 2.24) is 24.6 Å². The van der Waals surface area contributed by atoms with E-state index in [0.29, 0.717) is 36.6 Å². The molecule has 2 unspecified atom stereocenters. The molecule has 0 saturated carbocycles. The maximum Gasteiger partial charge on any atom is 0.410 e. The Kier molecular flexibility index (Phi) is 7.10. The van der Waals surface area contributed by atoms with Crippen LogP contribution in [-0.4, -0.2) is 52.2 Å². The number of hydrogen-bond donors (Lipinski definition) is 2. The molecule has 2 atom stereocenters. The standard InChI is InChI=1S/C22H24ClF3N6O3/c1-34-15-5-4-13(10-16(15)35-2)14-11-17(22(24,25)26)32-20(29-14)18(23)19(30-32)21(33)28-6-3-8-31-9-7-27-12-31/h4-5,7,9-10,12,14,17,29H,3,6,8,11H2,1-2H3,(H,28,33). The molecular weight excluding hydrogens is 489 g/mol. The Balaban J connectivity index is 1.56. The number of nitrogens with zero attached hydrogens (tertiary/aromatic N) is 4. The van der Waals surface area contributed by atoms with Crippen LogP contribution in [0, 0.1) is 0 Å². The van der Waals surface area contributed by atoms with Crippen LogP contribution in [0.5, 0.6) is 11.5 Å². The van der Waals surface area contributed by atoms with Crippen LogP contribution in [0.4, 0.5) is 19.0 Å². The van der Waals surface area contributed by atoms with Crippen molar-refractivity contribution in [2.75, 3.05) is 26.1 Å². The number of carbonyl (C=O) groups is 1. The number of carbonyl (C=O) groups excluding carboxylic acids is 1. The lowest BCUT2D eigenvalue weighted by atomic mass is 9.96. The average Bonchev–Trinajstić information content (AvgIpc) is 3.48. The number of nitrogens with one attached hydrogen (secondary N) is 2. The number of benzene rings is 1. The number of halogens is 4. The van der Waals surface area contributed by atoms with Crippen molar-refractivity contribution < 1.29 is 27.4 Å². The van der Waals surface area contributed by atoms with Gasteiger partial charge in [-0.05, 0) is 24.1 Å². The van der Waals surface area contributed by atoms with Crippen molar-refractivity contribution >= 4 is 23.3 Å². The van der Waals surface area contributed by atoms with E-state index >= 15 is 0 Å². The molecular formula is C22H24ClF3N6O3. The molecule has 1 aliphatic rings. The molecule has 0 bridgehead atoms. The molecule has 9 nitrogen and oxygen atoms in total. The molecule has 3 heterocycles. The molecule has 3 aromatic rings. The number of rotatable bonds is 8. The zero-order chi connectivity index (χ0) is 25.2. The van der Waals surface area contributed by atoms with Crippen LogP contribution in [0.25, 0.3) is 0 Å². The van der Waals surface area contributed by atoms with Crippen molar-refractivity contribution in [2.45, 2.75) is 37.6 Å². The van der Waals surface area contributed by atoms with Crippen LogP contribution in [0.1, 0.15) is 41.0 Å². The minimum Gasteiger partial charge on any atom is -0.493 e. The summed E-state index contributed by atoms with van der Waals surface area (Å²) in [6.45, 7) is 0.915. The van der Waals surface area contributed by atoms with E-state index in [1.165, 1.54) is 14.2 Å². The second kappa shape index (κ2) is 10.1. The second-order valence-corrected chi connectivity index (χ2v) is 8.35. The van der Waals surface area contributed by atoms with Crippen LogP contribution in [-0.2, 0) is 6.54 Å². The molecule has 0 radical (unpaired) electrons. The highest BCUT2D eigenvalue weighted by Crippen LogP contribution is 2.47. The van der Waals surface area contributed by atoms with Crippen LogP contribution in [0.15, 0.2) is 36.9 Å². The third kappa shape index (κ3) is 5.16. The summed E-state index contributed by atoms with van der Waals surface area (Å²) in [6.07, 6.45) is 0.723. The van der Waals surface area contributed by atoms with E-state index in [0.717, 1.165) is 4.68 Å². The molecule has 4 rings (SSSR count). The molecule has 0 spiro atoms. The van der Waals surface area contributed by atoms with Gasteiger partial charge in [-0.3, -0.25) is 4.79 Å². The first kappa shape index (κ1) is 24.7. The van der Waals surface area contributed by atoms with E-state index < -0.39 is 24.2 Å². The summed E-state index contributed by atoms with van der Waals surface area (Å²) in [5.41, 5.74) is 0.282. The van der Waals surface area contributed by atoms with Crippen molar-refractivity contribution in [2.24, 2.45) is 0 Å². The lowest BCUT2D eigenvalue weighted by Crippen LogP contribution is -2.36. The highest BCUT2D eigenvalue weighted by molar-refractivity contribution is 6.36. The predicted octanol–water partition coefficient (Wildman–Crippen LogP) is 4.23. The summed E-state index contributed by atoms with van der Waals surface area (Å²) in [7, 11) is 2.92. The average molecular weight is 513 g/mol. The Morgan fingerprint density at radius 3 is 2.71 bits per heavy atom. The van der Waals surface area contributed by atoms with E-state index in [9.17, 15) is 18.0 Å². The number of fused-ring (bicyclic) bond motifs is 1. The van der Waals surface area contributed by atoms with Crippen molar-refractivity contribution in [3.63, 3.8) is 0 Å². The third-order valence-corrected chi connectivity index (χ3v) is 6.12. The number of anilines is 1. The number of amides is 1. The highest BCUT2D eigenvalue weighted by atomic mass is 35.5. The summed E-state index contributed by atoms with van der Waals surface area (Å²) in [5.74, 6) is 0.127. The molecule has 0 aliphatic carbocycles. The Labute approximate surface area is 204 Å². The number of aryl methyl sites for hydroxylation is 1. The van der Waals surface area contributed by atoms with Gasteiger partial charge in [0.1, 0.15) is 10.8 Å². The fraction of sp³-hybridized carbons (Fsp3) is 0.409. The summed E-state index contributed by atoms with van der Waals surface area (Å²) >= 11 is 6.37. The fourth-order valence-electron chi connectivity index (χ4n) is 3.99. The summed E-state index contributed by atoms with van der Waals surface area (Å²) in [4.78, 5) is 16.6. The summed E-state index contributed by atoms with van der Waals surface area (Å²) in [6, 6.07) is 2.15. The van der Waals surface area contributed by atoms with Gasteiger partial charge in [0.2, 0.25) is 0 Å². The van der Waals surface area contributed by atoms with E-state index in [2.05, 4.69) is 20.7 Å². The van der Waals surface area contributed by atoms with Crippen LogP contribution in [0.3, 0.4) is 0 Å². The van der Waals surface area contributed by atoms with Crippen molar-refractivity contribution in [3.05, 3.63) is 53.2 Å². The van der Waals surface area contributed by atoms with Crippen molar-refractivity contribution in [1.29, 1.82) is 0 Å². The predicted molar refractivity (Wildman–Crippen MR) is 122 cm³/mol. The molecule has 0 fully saturated rings. The van der Waals surface area contributed by atoms with Gasteiger partial charge in [-0.15, -0.1) is 0 Å². The van der Waals surface area contributed by atoms with E-state index in [4.69, 9.17) is 21.1 Å². The number of alkyl halides is 3. The summed E-state index contributed by atoms with van der Waals surface area (Å²) < 4.78 is 55.1. The Bertz CT molecular complexity index is 1180. The van der Waals surface area contributed by atoms with Gasteiger partial charge in [0, 0.05) is 31.9 Å². The molecule has 0 saturated heterocycles. The fourth-order valence-corrected chi connectivity index (χ4v) is 4.25. The maximum absolute atomic E-state index is 14.0. The lowest BCUT2D eigenvalue weighted by Gasteiger charge is -2.33. The number of ether oxygens (including phenoxy) is 2. The minimum absolute atomic E-state index is 0.0661. The smallest absolute Gasteiger partial charge is 0.410 e. The minimum atomic E-state index is -4.61. The summed E-state index contributed by atoms with van der Waals surface area (Å²) in [5, 5.41) is 9.45. The first-order chi connectivity index (χ1) is 16.7. The molecule has 13 heteroatoms. The van der Waals surface area contributed by atoms with Crippen LogP contribution < -0.4 is 20.1 Å². The van der Waals surface area contributed by atoms with Crippen molar-refractivity contribution in [3.8, 4) is 11.5 Å². The van der Waals surface area contributed by atoms with Gasteiger partial charge in [-0.2, -0.15) is 18.3 Å². The molecule has 35 heavy (non-hydrogen) atoms. The van der Waals surface area contributed by atoms with E-state index in [1.54, 1.807) is 36.9 Å².